The third kappa shape index (κ3) is 2.71. The first-order chi connectivity index (χ1) is 10.2. The number of anilines is 1. The Morgan fingerprint density at radius 3 is 3.00 bits per heavy atom. The van der Waals surface area contributed by atoms with Gasteiger partial charge in [-0.1, -0.05) is 0 Å². The number of methoxy groups -OCH3 is 1. The zero-order valence-corrected chi connectivity index (χ0v) is 11.6. The van der Waals surface area contributed by atoms with Gasteiger partial charge in [0.25, 0.3) is 0 Å². The normalized spacial score (nSPS) is 14.0. The summed E-state index contributed by atoms with van der Waals surface area (Å²) in [6, 6.07) is 7.08. The lowest BCUT2D eigenvalue weighted by atomic mass is 10.0. The molecule has 2 aromatic rings. The van der Waals surface area contributed by atoms with Crippen molar-refractivity contribution in [2.75, 3.05) is 19.6 Å². The molecule has 110 valence electrons. The van der Waals surface area contributed by atoms with Crippen LogP contribution in [-0.4, -0.2) is 24.0 Å². The first-order valence-electron chi connectivity index (χ1n) is 6.53. The Bertz CT molecular complexity index is 660. The van der Waals surface area contributed by atoms with Gasteiger partial charge in [-0.05, 0) is 35.4 Å². The predicted octanol–water partition coefficient (Wildman–Crippen LogP) is 1.68. The third-order valence-electron chi connectivity index (χ3n) is 3.34. The lowest BCUT2D eigenvalue weighted by molar-refractivity contribution is 0.170. The summed E-state index contributed by atoms with van der Waals surface area (Å²) in [5.41, 5.74) is 7.25. The molecule has 0 saturated heterocycles. The monoisotopic (exact) mass is 288 g/mol. The molecule has 1 aliphatic rings. The van der Waals surface area contributed by atoms with Gasteiger partial charge < -0.3 is 25.1 Å². The van der Waals surface area contributed by atoms with Crippen molar-refractivity contribution >= 4 is 5.82 Å². The summed E-state index contributed by atoms with van der Waals surface area (Å²) < 4.78 is 16.0. The summed E-state index contributed by atoms with van der Waals surface area (Å²) in [5.74, 6) is 2.13. The minimum Gasteiger partial charge on any atom is -0.493 e. The molecule has 0 radical (unpaired) electrons. The van der Waals surface area contributed by atoms with Crippen LogP contribution in [0.4, 0.5) is 5.82 Å². The van der Waals surface area contributed by atoms with Gasteiger partial charge in [0.1, 0.15) is 5.82 Å². The van der Waals surface area contributed by atoms with Gasteiger partial charge in [0, 0.05) is 12.6 Å². The van der Waals surface area contributed by atoms with E-state index in [0.29, 0.717) is 35.1 Å². The molecule has 6 nitrogen and oxygen atoms in total. The fourth-order valence-corrected chi connectivity index (χ4v) is 2.30. The molecule has 3 N–H and O–H groups in total. The highest BCUT2D eigenvalue weighted by Crippen LogP contribution is 2.43. The van der Waals surface area contributed by atoms with Gasteiger partial charge in [-0.2, -0.15) is 0 Å². The Hall–Kier alpha value is -2.47. The van der Waals surface area contributed by atoms with Crippen molar-refractivity contribution in [2.45, 2.75) is 12.5 Å². The van der Waals surface area contributed by atoms with E-state index in [-0.39, 0.29) is 6.79 Å². The van der Waals surface area contributed by atoms with Crippen LogP contribution in [-0.2, 0) is 6.42 Å². The fourth-order valence-electron chi connectivity index (χ4n) is 2.30. The molecule has 1 aromatic heterocycles. The van der Waals surface area contributed by atoms with Crippen LogP contribution in [0.2, 0.25) is 0 Å². The van der Waals surface area contributed by atoms with Crippen LogP contribution in [0.5, 0.6) is 17.2 Å². The summed E-state index contributed by atoms with van der Waals surface area (Å²) >= 11 is 0. The van der Waals surface area contributed by atoms with Gasteiger partial charge in [0.2, 0.25) is 12.5 Å². The van der Waals surface area contributed by atoms with Gasteiger partial charge in [0.15, 0.2) is 11.5 Å². The van der Waals surface area contributed by atoms with Gasteiger partial charge in [-0.25, -0.2) is 4.98 Å². The largest absolute Gasteiger partial charge is 0.493 e. The number of nitrogen functional groups attached to an aromatic ring is 1. The van der Waals surface area contributed by atoms with Crippen molar-refractivity contribution in [3.05, 3.63) is 41.6 Å². The van der Waals surface area contributed by atoms with Gasteiger partial charge in [0.05, 0.1) is 13.2 Å². The molecule has 21 heavy (non-hydrogen) atoms. The van der Waals surface area contributed by atoms with E-state index in [1.54, 1.807) is 31.5 Å². The standard InChI is InChI=1S/C15H16N2O4/c1-19-12-6-10(7-13-15(12)21-8-20-13)11(18)4-9-2-3-17-14(16)5-9/h2-3,5-7,11,18H,4,8H2,1H3,(H2,16,17). The van der Waals surface area contributed by atoms with E-state index in [9.17, 15) is 5.11 Å². The van der Waals surface area contributed by atoms with Crippen molar-refractivity contribution in [2.24, 2.45) is 0 Å². The maximum absolute atomic E-state index is 10.4. The average Bonchev–Trinajstić information content (AvgIpc) is 2.94. The second-order valence-corrected chi connectivity index (χ2v) is 4.77. The number of hydrogen-bond acceptors (Lipinski definition) is 6. The second kappa shape index (κ2) is 5.49. The van der Waals surface area contributed by atoms with E-state index in [4.69, 9.17) is 19.9 Å². The number of benzene rings is 1. The molecular weight excluding hydrogens is 272 g/mol. The highest BCUT2D eigenvalue weighted by atomic mass is 16.7. The average molecular weight is 288 g/mol. The smallest absolute Gasteiger partial charge is 0.231 e. The molecule has 0 spiro atoms. The molecule has 0 bridgehead atoms. The number of pyridine rings is 1. The molecule has 0 saturated carbocycles. The summed E-state index contributed by atoms with van der Waals surface area (Å²) in [5, 5.41) is 10.4. The van der Waals surface area contributed by atoms with Gasteiger partial charge >= 0.3 is 0 Å². The number of hydrogen-bond donors (Lipinski definition) is 2. The number of aliphatic hydroxyl groups is 1. The number of aliphatic hydroxyl groups excluding tert-OH is 1. The van der Waals surface area contributed by atoms with Crippen LogP contribution in [0.3, 0.4) is 0 Å². The predicted molar refractivity (Wildman–Crippen MR) is 76.4 cm³/mol. The van der Waals surface area contributed by atoms with Crippen LogP contribution in [0.15, 0.2) is 30.5 Å². The van der Waals surface area contributed by atoms with E-state index in [1.807, 2.05) is 6.07 Å². The number of nitrogens with two attached hydrogens (primary N) is 1. The lowest BCUT2D eigenvalue weighted by Gasteiger charge is -2.14. The van der Waals surface area contributed by atoms with E-state index in [2.05, 4.69) is 4.98 Å². The Labute approximate surface area is 122 Å². The highest BCUT2D eigenvalue weighted by molar-refractivity contribution is 5.55. The number of nitrogens with zero attached hydrogens (tertiary/aromatic N) is 1. The maximum Gasteiger partial charge on any atom is 0.231 e. The van der Waals surface area contributed by atoms with Crippen LogP contribution < -0.4 is 19.9 Å². The molecule has 0 fully saturated rings. The minimum absolute atomic E-state index is 0.159. The van der Waals surface area contributed by atoms with Crippen LogP contribution in [0.25, 0.3) is 0 Å². The Morgan fingerprint density at radius 2 is 2.24 bits per heavy atom. The SMILES string of the molecule is COc1cc(C(O)Cc2ccnc(N)c2)cc2c1OCO2. The topological polar surface area (TPSA) is 86.8 Å². The number of ether oxygens (including phenoxy) is 3. The number of aromatic nitrogens is 1. The zero-order valence-electron chi connectivity index (χ0n) is 11.6. The van der Waals surface area contributed by atoms with E-state index in [0.717, 1.165) is 5.56 Å². The molecule has 1 aromatic carbocycles. The Morgan fingerprint density at radius 1 is 1.38 bits per heavy atom. The summed E-state index contributed by atoms with van der Waals surface area (Å²) in [6.07, 6.45) is 1.35. The van der Waals surface area contributed by atoms with Crippen molar-refractivity contribution in [1.29, 1.82) is 0 Å². The van der Waals surface area contributed by atoms with Crippen LogP contribution in [0.1, 0.15) is 17.2 Å². The quantitative estimate of drug-likeness (QED) is 0.890. The van der Waals surface area contributed by atoms with Crippen molar-refractivity contribution < 1.29 is 19.3 Å². The van der Waals surface area contributed by atoms with Gasteiger partial charge in [-0.3, -0.25) is 0 Å². The molecule has 1 atom stereocenters. The first kappa shape index (κ1) is 13.5. The van der Waals surface area contributed by atoms with Gasteiger partial charge in [-0.15, -0.1) is 0 Å². The fraction of sp³-hybridized carbons (Fsp3) is 0.267. The Kier molecular flexibility index (Phi) is 3.53. The lowest BCUT2D eigenvalue weighted by Crippen LogP contribution is -2.03. The minimum atomic E-state index is -0.699. The molecule has 0 amide bonds. The molecule has 6 heteroatoms. The van der Waals surface area contributed by atoms with Crippen LogP contribution in [0, 0.1) is 0 Å². The molecule has 2 heterocycles. The van der Waals surface area contributed by atoms with Crippen molar-refractivity contribution in [3.63, 3.8) is 0 Å². The molecule has 1 unspecified atom stereocenters. The summed E-state index contributed by atoms with van der Waals surface area (Å²) in [7, 11) is 1.55. The van der Waals surface area contributed by atoms with Crippen molar-refractivity contribution in [1.82, 2.24) is 4.98 Å². The maximum atomic E-state index is 10.4. The van der Waals surface area contributed by atoms with E-state index >= 15 is 0 Å². The van der Waals surface area contributed by atoms with Crippen LogP contribution >= 0.6 is 0 Å². The highest BCUT2D eigenvalue weighted by Gasteiger charge is 2.22. The number of fused-ring (bicyclic) bond motifs is 1. The zero-order chi connectivity index (χ0) is 14.8. The number of rotatable bonds is 4. The molecular formula is C15H16N2O4. The van der Waals surface area contributed by atoms with Crippen molar-refractivity contribution in [3.8, 4) is 17.2 Å². The Balaban J connectivity index is 1.86. The molecule has 1 aliphatic heterocycles. The summed E-state index contributed by atoms with van der Waals surface area (Å²) in [4.78, 5) is 3.93. The van der Waals surface area contributed by atoms with E-state index in [1.165, 1.54) is 0 Å². The first-order valence-corrected chi connectivity index (χ1v) is 6.53. The summed E-state index contributed by atoms with van der Waals surface area (Å²) in [6.45, 7) is 0.159. The molecule has 0 aliphatic carbocycles. The second-order valence-electron chi connectivity index (χ2n) is 4.77. The molecule has 3 rings (SSSR count). The third-order valence-corrected chi connectivity index (χ3v) is 3.34. The van der Waals surface area contributed by atoms with E-state index < -0.39 is 6.10 Å².